The fourth-order valence-corrected chi connectivity index (χ4v) is 1.36. The summed E-state index contributed by atoms with van der Waals surface area (Å²) in [6.45, 7) is 5.70. The first-order chi connectivity index (χ1) is 6.67. The van der Waals surface area contributed by atoms with E-state index in [0.29, 0.717) is 12.5 Å². The van der Waals surface area contributed by atoms with E-state index in [0.717, 1.165) is 12.2 Å². The quantitative estimate of drug-likeness (QED) is 0.725. The predicted molar refractivity (Wildman–Crippen MR) is 55.9 cm³/mol. The number of hydrogen-bond donors (Lipinski definition) is 2. The van der Waals surface area contributed by atoms with Crippen molar-refractivity contribution in [3.05, 3.63) is 18.0 Å². The molecule has 0 radical (unpaired) electrons. The molecule has 3 N–H and O–H groups in total. The maximum Gasteiger partial charge on any atom is 0.0691 e. The van der Waals surface area contributed by atoms with E-state index in [1.807, 2.05) is 16.9 Å². The van der Waals surface area contributed by atoms with Crippen LogP contribution in [0.15, 0.2) is 12.3 Å². The summed E-state index contributed by atoms with van der Waals surface area (Å²) in [6.07, 6.45) is 1.94. The summed E-state index contributed by atoms with van der Waals surface area (Å²) in [5, 5.41) is 13.4. The highest BCUT2D eigenvalue weighted by atomic mass is 16.3. The number of hydrogen-bond acceptors (Lipinski definition) is 3. The molecule has 1 rings (SSSR count). The number of nitrogens with two attached hydrogens (primary N) is 1. The summed E-state index contributed by atoms with van der Waals surface area (Å²) >= 11 is 0. The average molecular weight is 197 g/mol. The van der Waals surface area contributed by atoms with Crippen LogP contribution in [0, 0.1) is 5.92 Å². The van der Waals surface area contributed by atoms with Crippen LogP contribution in [-0.4, -0.2) is 28.0 Å². The molecular weight excluding hydrogens is 178 g/mol. The SMILES string of the molecule is CC(C)Cn1ccc(C(CN)CO)n1. The highest BCUT2D eigenvalue weighted by Gasteiger charge is 2.11. The smallest absolute Gasteiger partial charge is 0.0691 e. The van der Waals surface area contributed by atoms with Gasteiger partial charge < -0.3 is 10.8 Å². The Morgan fingerprint density at radius 1 is 1.57 bits per heavy atom. The molecule has 0 aliphatic carbocycles. The molecule has 0 spiro atoms. The summed E-state index contributed by atoms with van der Waals surface area (Å²) < 4.78 is 1.90. The summed E-state index contributed by atoms with van der Waals surface area (Å²) in [6, 6.07) is 1.93. The van der Waals surface area contributed by atoms with E-state index in [1.165, 1.54) is 0 Å². The second kappa shape index (κ2) is 5.12. The maximum atomic E-state index is 9.04. The zero-order valence-electron chi connectivity index (χ0n) is 8.85. The summed E-state index contributed by atoms with van der Waals surface area (Å²) in [7, 11) is 0. The van der Waals surface area contributed by atoms with Crippen LogP contribution in [0.5, 0.6) is 0 Å². The molecule has 4 nitrogen and oxygen atoms in total. The molecular formula is C10H19N3O. The standard InChI is InChI=1S/C10H19N3O/c1-8(2)6-13-4-3-10(12-13)9(5-11)7-14/h3-4,8-9,14H,5-7,11H2,1-2H3. The Balaban J connectivity index is 2.66. The van der Waals surface area contributed by atoms with Crippen molar-refractivity contribution in [2.24, 2.45) is 11.7 Å². The summed E-state index contributed by atoms with van der Waals surface area (Å²) in [5.74, 6) is 0.552. The topological polar surface area (TPSA) is 64.1 Å². The van der Waals surface area contributed by atoms with Crippen molar-refractivity contribution in [3.8, 4) is 0 Å². The van der Waals surface area contributed by atoms with Gasteiger partial charge in [-0.15, -0.1) is 0 Å². The fourth-order valence-electron chi connectivity index (χ4n) is 1.36. The van der Waals surface area contributed by atoms with E-state index >= 15 is 0 Å². The number of rotatable bonds is 5. The van der Waals surface area contributed by atoms with Gasteiger partial charge in [0.15, 0.2) is 0 Å². The van der Waals surface area contributed by atoms with Crippen molar-refractivity contribution in [1.29, 1.82) is 0 Å². The fraction of sp³-hybridized carbons (Fsp3) is 0.700. The van der Waals surface area contributed by atoms with Crippen LogP contribution in [0.2, 0.25) is 0 Å². The monoisotopic (exact) mass is 197 g/mol. The summed E-state index contributed by atoms with van der Waals surface area (Å²) in [4.78, 5) is 0. The molecule has 0 saturated heterocycles. The minimum absolute atomic E-state index is 0.0246. The highest BCUT2D eigenvalue weighted by Crippen LogP contribution is 2.11. The van der Waals surface area contributed by atoms with Crippen LogP contribution in [0.3, 0.4) is 0 Å². The van der Waals surface area contributed by atoms with Gasteiger partial charge in [-0.3, -0.25) is 4.68 Å². The van der Waals surface area contributed by atoms with Crippen molar-refractivity contribution < 1.29 is 5.11 Å². The van der Waals surface area contributed by atoms with Gasteiger partial charge >= 0.3 is 0 Å². The van der Waals surface area contributed by atoms with Crippen molar-refractivity contribution in [2.75, 3.05) is 13.2 Å². The van der Waals surface area contributed by atoms with Gasteiger partial charge in [0.2, 0.25) is 0 Å². The molecule has 80 valence electrons. The lowest BCUT2D eigenvalue weighted by Crippen LogP contribution is -2.17. The Labute approximate surface area is 84.7 Å². The minimum Gasteiger partial charge on any atom is -0.396 e. The Hall–Kier alpha value is -0.870. The summed E-state index contributed by atoms with van der Waals surface area (Å²) in [5.41, 5.74) is 6.40. The van der Waals surface area contributed by atoms with Gasteiger partial charge in [-0.1, -0.05) is 13.8 Å². The first-order valence-electron chi connectivity index (χ1n) is 5.01. The Morgan fingerprint density at radius 2 is 2.29 bits per heavy atom. The Morgan fingerprint density at radius 3 is 2.79 bits per heavy atom. The Bertz CT molecular complexity index is 266. The Kier molecular flexibility index (Phi) is 4.10. The van der Waals surface area contributed by atoms with Crippen LogP contribution < -0.4 is 5.73 Å². The van der Waals surface area contributed by atoms with Crippen LogP contribution in [-0.2, 0) is 6.54 Å². The molecule has 1 unspecified atom stereocenters. The minimum atomic E-state index is -0.0246. The third kappa shape index (κ3) is 2.82. The van der Waals surface area contributed by atoms with E-state index in [1.54, 1.807) is 0 Å². The zero-order valence-corrected chi connectivity index (χ0v) is 8.85. The first-order valence-corrected chi connectivity index (χ1v) is 5.01. The van der Waals surface area contributed by atoms with Crippen LogP contribution in [0.25, 0.3) is 0 Å². The van der Waals surface area contributed by atoms with Gasteiger partial charge in [-0.2, -0.15) is 5.10 Å². The lowest BCUT2D eigenvalue weighted by molar-refractivity contribution is 0.265. The molecule has 0 aromatic carbocycles. The molecule has 0 aliphatic heterocycles. The van der Waals surface area contributed by atoms with E-state index in [9.17, 15) is 0 Å². The van der Waals surface area contributed by atoms with Gasteiger partial charge in [-0.25, -0.2) is 0 Å². The lowest BCUT2D eigenvalue weighted by Gasteiger charge is -2.08. The predicted octanol–water partition coefficient (Wildman–Crippen LogP) is 0.574. The molecule has 1 atom stereocenters. The van der Waals surface area contributed by atoms with E-state index < -0.39 is 0 Å². The van der Waals surface area contributed by atoms with Crippen LogP contribution in [0.1, 0.15) is 25.5 Å². The number of nitrogens with zero attached hydrogens (tertiary/aromatic N) is 2. The molecule has 0 aliphatic rings. The van der Waals surface area contributed by atoms with E-state index in [-0.39, 0.29) is 12.5 Å². The average Bonchev–Trinajstić information content (AvgIpc) is 2.54. The second-order valence-electron chi connectivity index (χ2n) is 3.97. The van der Waals surface area contributed by atoms with Crippen LogP contribution in [0.4, 0.5) is 0 Å². The van der Waals surface area contributed by atoms with Gasteiger partial charge in [0.05, 0.1) is 12.3 Å². The molecule has 1 aromatic heterocycles. The van der Waals surface area contributed by atoms with Gasteiger partial charge in [0, 0.05) is 25.2 Å². The second-order valence-corrected chi connectivity index (χ2v) is 3.97. The zero-order chi connectivity index (χ0) is 10.6. The largest absolute Gasteiger partial charge is 0.396 e. The van der Waals surface area contributed by atoms with Crippen molar-refractivity contribution >= 4 is 0 Å². The molecule has 0 saturated carbocycles. The van der Waals surface area contributed by atoms with Crippen molar-refractivity contribution in [3.63, 3.8) is 0 Å². The molecule has 0 amide bonds. The molecule has 0 bridgehead atoms. The lowest BCUT2D eigenvalue weighted by atomic mass is 10.1. The van der Waals surface area contributed by atoms with Gasteiger partial charge in [-0.05, 0) is 12.0 Å². The molecule has 1 aromatic rings. The number of aliphatic hydroxyl groups excluding tert-OH is 1. The molecule has 14 heavy (non-hydrogen) atoms. The van der Waals surface area contributed by atoms with E-state index in [2.05, 4.69) is 18.9 Å². The first kappa shape index (κ1) is 11.2. The normalized spacial score (nSPS) is 13.5. The third-order valence-corrected chi connectivity index (χ3v) is 2.14. The molecule has 1 heterocycles. The number of aliphatic hydroxyl groups is 1. The molecule has 4 heteroatoms. The maximum absolute atomic E-state index is 9.04. The van der Waals surface area contributed by atoms with Gasteiger partial charge in [0.1, 0.15) is 0 Å². The highest BCUT2D eigenvalue weighted by molar-refractivity contribution is 5.07. The number of aromatic nitrogens is 2. The van der Waals surface area contributed by atoms with Crippen molar-refractivity contribution in [2.45, 2.75) is 26.3 Å². The van der Waals surface area contributed by atoms with Gasteiger partial charge in [0.25, 0.3) is 0 Å². The van der Waals surface area contributed by atoms with Crippen molar-refractivity contribution in [1.82, 2.24) is 9.78 Å². The third-order valence-electron chi connectivity index (χ3n) is 2.14. The van der Waals surface area contributed by atoms with E-state index in [4.69, 9.17) is 10.8 Å². The molecule has 0 fully saturated rings. The van der Waals surface area contributed by atoms with Crippen LogP contribution >= 0.6 is 0 Å².